The Balaban J connectivity index is 1.95. The van der Waals surface area contributed by atoms with Crippen molar-refractivity contribution >= 4 is 22.4 Å². The van der Waals surface area contributed by atoms with E-state index in [4.69, 9.17) is 16.3 Å². The topological polar surface area (TPSA) is 22.1 Å². The highest BCUT2D eigenvalue weighted by molar-refractivity contribution is 6.17. The summed E-state index contributed by atoms with van der Waals surface area (Å²) in [6.07, 6.45) is 4.37. The summed E-state index contributed by atoms with van der Waals surface area (Å²) >= 11 is 5.94. The molecule has 3 aromatic rings. The summed E-state index contributed by atoms with van der Waals surface area (Å²) in [5.41, 5.74) is 1.14. The zero-order valence-corrected chi connectivity index (χ0v) is 12.3. The normalized spacial score (nSPS) is 12.2. The third-order valence-corrected chi connectivity index (χ3v) is 3.67. The van der Waals surface area contributed by atoms with Crippen LogP contribution in [0.4, 0.5) is 0 Å². The number of aromatic nitrogens is 1. The fourth-order valence-electron chi connectivity index (χ4n) is 2.41. The van der Waals surface area contributed by atoms with Gasteiger partial charge >= 0.3 is 0 Å². The van der Waals surface area contributed by atoms with Crippen LogP contribution in [0.2, 0.25) is 0 Å². The van der Waals surface area contributed by atoms with Crippen molar-refractivity contribution in [2.24, 2.45) is 0 Å². The number of alkyl halides is 1. The molecule has 0 aliphatic heterocycles. The molecule has 1 aromatic heterocycles. The number of rotatable bonds is 5. The highest BCUT2D eigenvalue weighted by Crippen LogP contribution is 2.30. The number of hydrogen-bond acceptors (Lipinski definition) is 2. The van der Waals surface area contributed by atoms with E-state index in [2.05, 4.69) is 17.1 Å². The van der Waals surface area contributed by atoms with Gasteiger partial charge in [-0.15, -0.1) is 11.6 Å². The molecule has 0 aliphatic carbocycles. The Kier molecular flexibility index (Phi) is 4.37. The van der Waals surface area contributed by atoms with Crippen molar-refractivity contribution in [2.45, 2.75) is 12.5 Å². The molecule has 0 aliphatic rings. The molecule has 1 heterocycles. The smallest absolute Gasteiger partial charge is 0.128 e. The Labute approximate surface area is 129 Å². The molecule has 0 bridgehead atoms. The Morgan fingerprint density at radius 2 is 1.86 bits per heavy atom. The molecule has 21 heavy (non-hydrogen) atoms. The van der Waals surface area contributed by atoms with E-state index in [0.29, 0.717) is 5.88 Å². The quantitative estimate of drug-likeness (QED) is 0.619. The molecule has 0 unspecified atom stereocenters. The first-order valence-electron chi connectivity index (χ1n) is 6.99. The average molecular weight is 298 g/mol. The van der Waals surface area contributed by atoms with Crippen LogP contribution in [0.5, 0.6) is 5.75 Å². The van der Waals surface area contributed by atoms with Gasteiger partial charge in [0.1, 0.15) is 11.9 Å². The lowest BCUT2D eigenvalue weighted by molar-refractivity contribution is 0.205. The van der Waals surface area contributed by atoms with Gasteiger partial charge in [0.25, 0.3) is 0 Å². The van der Waals surface area contributed by atoms with E-state index in [9.17, 15) is 0 Å². The van der Waals surface area contributed by atoms with E-state index in [0.717, 1.165) is 28.5 Å². The van der Waals surface area contributed by atoms with E-state index in [-0.39, 0.29) is 6.10 Å². The van der Waals surface area contributed by atoms with Crippen molar-refractivity contribution in [3.63, 3.8) is 0 Å². The molecular weight excluding hydrogens is 282 g/mol. The molecule has 0 radical (unpaired) electrons. The molecule has 0 saturated carbocycles. The molecule has 106 valence electrons. The summed E-state index contributed by atoms with van der Waals surface area (Å²) in [6.45, 7) is 0. The van der Waals surface area contributed by atoms with Crippen molar-refractivity contribution < 1.29 is 4.74 Å². The Morgan fingerprint density at radius 3 is 2.67 bits per heavy atom. The first-order valence-corrected chi connectivity index (χ1v) is 7.52. The zero-order valence-electron chi connectivity index (χ0n) is 11.6. The first-order chi connectivity index (χ1) is 10.4. The molecule has 0 fully saturated rings. The molecule has 1 atom stereocenters. The van der Waals surface area contributed by atoms with Gasteiger partial charge in [-0.05, 0) is 17.7 Å². The van der Waals surface area contributed by atoms with Gasteiger partial charge in [0.15, 0.2) is 0 Å². The van der Waals surface area contributed by atoms with Crippen LogP contribution in [-0.4, -0.2) is 10.9 Å². The maximum atomic E-state index is 6.24. The fraction of sp³-hybridized carbons (Fsp3) is 0.167. The lowest BCUT2D eigenvalue weighted by atomic mass is 10.1. The molecule has 3 heteroatoms. The second-order valence-corrected chi connectivity index (χ2v) is 5.23. The van der Waals surface area contributed by atoms with Gasteiger partial charge in [0.2, 0.25) is 0 Å². The molecule has 0 N–H and O–H groups in total. The SMILES string of the molecule is ClCC[C@@H](Oc1cccc2cnccc12)c1ccccc1. The number of fused-ring (bicyclic) bond motifs is 1. The van der Waals surface area contributed by atoms with Crippen LogP contribution in [0.25, 0.3) is 10.8 Å². The summed E-state index contributed by atoms with van der Waals surface area (Å²) in [6, 6.07) is 18.2. The lowest BCUT2D eigenvalue weighted by Crippen LogP contribution is -2.08. The number of ether oxygens (including phenoxy) is 1. The van der Waals surface area contributed by atoms with Gasteiger partial charge in [-0.25, -0.2) is 0 Å². The second-order valence-electron chi connectivity index (χ2n) is 4.85. The first kappa shape index (κ1) is 13.9. The van der Waals surface area contributed by atoms with Gasteiger partial charge < -0.3 is 4.74 Å². The van der Waals surface area contributed by atoms with Crippen molar-refractivity contribution in [2.75, 3.05) is 5.88 Å². The third kappa shape index (κ3) is 3.17. The highest BCUT2D eigenvalue weighted by Gasteiger charge is 2.14. The van der Waals surface area contributed by atoms with Crippen LogP contribution in [0.1, 0.15) is 18.1 Å². The summed E-state index contributed by atoms with van der Waals surface area (Å²) in [5.74, 6) is 1.43. The maximum absolute atomic E-state index is 6.24. The monoisotopic (exact) mass is 297 g/mol. The van der Waals surface area contributed by atoms with E-state index >= 15 is 0 Å². The van der Waals surface area contributed by atoms with E-state index in [1.165, 1.54) is 0 Å². The van der Waals surface area contributed by atoms with Gasteiger partial charge in [-0.1, -0.05) is 42.5 Å². The Bertz CT molecular complexity index is 709. The molecular formula is C18H16ClNO. The standard InChI is InChI=1S/C18H16ClNO/c19-11-9-17(14-5-2-1-3-6-14)21-18-8-4-7-15-13-20-12-10-16(15)18/h1-8,10,12-13,17H,9,11H2/t17-/m1/s1. The lowest BCUT2D eigenvalue weighted by Gasteiger charge is -2.20. The van der Waals surface area contributed by atoms with E-state index in [1.807, 2.05) is 48.7 Å². The van der Waals surface area contributed by atoms with Crippen molar-refractivity contribution in [3.8, 4) is 5.75 Å². The zero-order chi connectivity index (χ0) is 14.5. The largest absolute Gasteiger partial charge is 0.485 e. The van der Waals surface area contributed by atoms with Crippen molar-refractivity contribution in [3.05, 3.63) is 72.6 Å². The predicted octanol–water partition coefficient (Wildman–Crippen LogP) is 4.98. The summed E-state index contributed by atoms with van der Waals surface area (Å²) < 4.78 is 6.24. The maximum Gasteiger partial charge on any atom is 0.128 e. The van der Waals surface area contributed by atoms with Crippen LogP contribution in [0.3, 0.4) is 0 Å². The van der Waals surface area contributed by atoms with Crippen molar-refractivity contribution in [1.82, 2.24) is 4.98 Å². The average Bonchev–Trinajstić information content (AvgIpc) is 2.55. The number of pyridine rings is 1. The minimum absolute atomic E-state index is 0.0394. The molecule has 0 amide bonds. The van der Waals surface area contributed by atoms with Crippen LogP contribution in [0, 0.1) is 0 Å². The minimum Gasteiger partial charge on any atom is -0.485 e. The number of benzene rings is 2. The number of halogens is 1. The molecule has 2 nitrogen and oxygen atoms in total. The minimum atomic E-state index is -0.0394. The van der Waals surface area contributed by atoms with Gasteiger partial charge in [0.05, 0.1) is 0 Å². The molecule has 0 saturated heterocycles. The third-order valence-electron chi connectivity index (χ3n) is 3.45. The van der Waals surface area contributed by atoms with Crippen LogP contribution in [0.15, 0.2) is 67.0 Å². The summed E-state index contributed by atoms with van der Waals surface area (Å²) in [7, 11) is 0. The van der Waals surface area contributed by atoms with E-state index in [1.54, 1.807) is 6.20 Å². The second kappa shape index (κ2) is 6.59. The summed E-state index contributed by atoms with van der Waals surface area (Å²) in [5, 5.41) is 2.15. The van der Waals surface area contributed by atoms with Gasteiger partial charge in [-0.3, -0.25) is 4.98 Å². The van der Waals surface area contributed by atoms with Crippen LogP contribution < -0.4 is 4.74 Å². The molecule has 0 spiro atoms. The van der Waals surface area contributed by atoms with Crippen LogP contribution in [-0.2, 0) is 0 Å². The van der Waals surface area contributed by atoms with Crippen LogP contribution >= 0.6 is 11.6 Å². The number of hydrogen-bond donors (Lipinski definition) is 0. The van der Waals surface area contributed by atoms with E-state index < -0.39 is 0 Å². The van der Waals surface area contributed by atoms with Gasteiger partial charge in [-0.2, -0.15) is 0 Å². The van der Waals surface area contributed by atoms with Gasteiger partial charge in [0, 0.05) is 35.5 Å². The number of nitrogens with zero attached hydrogens (tertiary/aromatic N) is 1. The Hall–Kier alpha value is -2.06. The fourth-order valence-corrected chi connectivity index (χ4v) is 2.61. The van der Waals surface area contributed by atoms with Crippen molar-refractivity contribution in [1.29, 1.82) is 0 Å². The molecule has 3 rings (SSSR count). The summed E-state index contributed by atoms with van der Waals surface area (Å²) in [4.78, 5) is 4.15. The molecule has 2 aromatic carbocycles. The predicted molar refractivity (Wildman–Crippen MR) is 86.9 cm³/mol. The highest BCUT2D eigenvalue weighted by atomic mass is 35.5. The Morgan fingerprint density at radius 1 is 1.00 bits per heavy atom.